The van der Waals surface area contributed by atoms with Gasteiger partial charge in [-0.1, -0.05) is 70.4 Å². The molecule has 0 unspecified atom stereocenters. The minimum atomic E-state index is -0.190. The predicted molar refractivity (Wildman–Crippen MR) is 90.0 cm³/mol. The molecule has 0 aromatic heterocycles. The zero-order chi connectivity index (χ0) is 16.0. The third-order valence-corrected chi connectivity index (χ3v) is 3.80. The molecule has 3 heteroatoms. The molecule has 0 saturated carbocycles. The average molecular weight is 306 g/mol. The highest BCUT2D eigenvalue weighted by Crippen LogP contribution is 2.11. The van der Waals surface area contributed by atoms with E-state index in [0.29, 0.717) is 6.61 Å². The van der Waals surface area contributed by atoms with Gasteiger partial charge < -0.3 is 9.84 Å². The van der Waals surface area contributed by atoms with Crippen LogP contribution in [0.25, 0.3) is 0 Å². The maximum Gasteiger partial charge on any atom is 0.310 e. The van der Waals surface area contributed by atoms with Crippen molar-refractivity contribution in [3.05, 3.63) is 29.8 Å². The fraction of sp³-hybridized carbons (Fsp3) is 0.632. The van der Waals surface area contributed by atoms with Crippen LogP contribution in [0.1, 0.15) is 70.3 Å². The van der Waals surface area contributed by atoms with Crippen molar-refractivity contribution in [1.82, 2.24) is 0 Å². The molecule has 0 saturated heterocycles. The zero-order valence-corrected chi connectivity index (χ0v) is 13.9. The molecule has 0 aliphatic rings. The number of hydrogen-bond donors (Lipinski definition) is 1. The van der Waals surface area contributed by atoms with E-state index >= 15 is 0 Å². The summed E-state index contributed by atoms with van der Waals surface area (Å²) in [5.41, 5.74) is 0.870. The Bertz CT molecular complexity index is 398. The largest absolute Gasteiger partial charge is 0.508 e. The summed E-state index contributed by atoms with van der Waals surface area (Å²) in [6.45, 7) is 2.76. The summed E-state index contributed by atoms with van der Waals surface area (Å²) in [5, 5.41) is 9.18. The molecule has 0 amide bonds. The molecular weight excluding hydrogens is 276 g/mol. The van der Waals surface area contributed by atoms with Gasteiger partial charge in [0.2, 0.25) is 0 Å². The van der Waals surface area contributed by atoms with Crippen LogP contribution >= 0.6 is 0 Å². The Morgan fingerprint density at radius 2 is 1.45 bits per heavy atom. The molecule has 3 nitrogen and oxygen atoms in total. The summed E-state index contributed by atoms with van der Waals surface area (Å²) in [4.78, 5) is 11.6. The normalized spacial score (nSPS) is 10.6. The Kier molecular flexibility index (Phi) is 10.2. The van der Waals surface area contributed by atoms with Crippen LogP contribution < -0.4 is 0 Å². The Hall–Kier alpha value is -1.51. The van der Waals surface area contributed by atoms with Crippen molar-refractivity contribution in [2.24, 2.45) is 0 Å². The van der Waals surface area contributed by atoms with Crippen LogP contribution in [0.3, 0.4) is 0 Å². The van der Waals surface area contributed by atoms with Gasteiger partial charge in [-0.2, -0.15) is 0 Å². The number of rotatable bonds is 12. The second-order valence-electron chi connectivity index (χ2n) is 5.89. The molecule has 1 aromatic rings. The second-order valence-corrected chi connectivity index (χ2v) is 5.89. The molecule has 22 heavy (non-hydrogen) atoms. The van der Waals surface area contributed by atoms with E-state index < -0.39 is 0 Å². The molecule has 1 N–H and O–H groups in total. The van der Waals surface area contributed by atoms with Crippen LogP contribution in [0.5, 0.6) is 5.75 Å². The maximum absolute atomic E-state index is 11.6. The lowest BCUT2D eigenvalue weighted by Gasteiger charge is -2.05. The summed E-state index contributed by atoms with van der Waals surface area (Å²) in [7, 11) is 0. The van der Waals surface area contributed by atoms with Gasteiger partial charge in [0.15, 0.2) is 0 Å². The van der Waals surface area contributed by atoms with Crippen molar-refractivity contribution in [3.63, 3.8) is 0 Å². The van der Waals surface area contributed by atoms with E-state index in [9.17, 15) is 9.90 Å². The SMILES string of the molecule is CCCCCCCCCCCOC(=O)Cc1ccc(O)cc1. The fourth-order valence-electron chi connectivity index (χ4n) is 2.43. The van der Waals surface area contributed by atoms with Gasteiger partial charge in [-0.25, -0.2) is 0 Å². The van der Waals surface area contributed by atoms with Gasteiger partial charge in [0.05, 0.1) is 13.0 Å². The highest BCUT2D eigenvalue weighted by Gasteiger charge is 2.04. The van der Waals surface area contributed by atoms with E-state index in [1.165, 1.54) is 44.9 Å². The van der Waals surface area contributed by atoms with Gasteiger partial charge in [-0.05, 0) is 24.1 Å². The quantitative estimate of drug-likeness (QED) is 0.436. The lowest BCUT2D eigenvalue weighted by Crippen LogP contribution is -2.09. The molecule has 1 rings (SSSR count). The molecule has 124 valence electrons. The molecule has 0 aliphatic carbocycles. The first-order chi connectivity index (χ1) is 10.7. The third kappa shape index (κ3) is 9.43. The Morgan fingerprint density at radius 1 is 0.909 bits per heavy atom. The van der Waals surface area contributed by atoms with Gasteiger partial charge in [-0.3, -0.25) is 4.79 Å². The third-order valence-electron chi connectivity index (χ3n) is 3.80. The average Bonchev–Trinajstić information content (AvgIpc) is 2.51. The Morgan fingerprint density at radius 3 is 2.05 bits per heavy atom. The van der Waals surface area contributed by atoms with Crippen molar-refractivity contribution < 1.29 is 14.6 Å². The molecule has 1 aromatic carbocycles. The van der Waals surface area contributed by atoms with Crippen molar-refractivity contribution in [3.8, 4) is 5.75 Å². The molecule has 0 aliphatic heterocycles. The van der Waals surface area contributed by atoms with E-state index in [1.54, 1.807) is 24.3 Å². The number of aromatic hydroxyl groups is 1. The number of phenols is 1. The number of ether oxygens (including phenoxy) is 1. The van der Waals surface area contributed by atoms with Gasteiger partial charge in [0.1, 0.15) is 5.75 Å². The van der Waals surface area contributed by atoms with Gasteiger partial charge in [0.25, 0.3) is 0 Å². The summed E-state index contributed by atoms with van der Waals surface area (Å²) in [6, 6.07) is 6.66. The molecule has 0 spiro atoms. The van der Waals surface area contributed by atoms with E-state index in [1.807, 2.05) is 0 Å². The first kappa shape index (κ1) is 18.5. The van der Waals surface area contributed by atoms with Crippen molar-refractivity contribution >= 4 is 5.97 Å². The molecule has 0 fully saturated rings. The van der Waals surface area contributed by atoms with E-state index in [4.69, 9.17) is 4.74 Å². The smallest absolute Gasteiger partial charge is 0.310 e. The highest BCUT2D eigenvalue weighted by molar-refractivity contribution is 5.72. The molecule has 0 atom stereocenters. The predicted octanol–water partition coefficient (Wildman–Crippen LogP) is 5.01. The second kappa shape index (κ2) is 12.1. The van der Waals surface area contributed by atoms with E-state index in [-0.39, 0.29) is 18.1 Å². The van der Waals surface area contributed by atoms with Crippen LogP contribution in [-0.4, -0.2) is 17.7 Å². The summed E-state index contributed by atoms with van der Waals surface area (Å²) in [5.74, 6) is 0.0251. The minimum absolute atomic E-state index is 0.190. The molecule has 0 heterocycles. The lowest BCUT2D eigenvalue weighted by molar-refractivity contribution is -0.142. The summed E-state index contributed by atoms with van der Waals surface area (Å²) in [6.07, 6.45) is 11.6. The maximum atomic E-state index is 11.6. The van der Waals surface area contributed by atoms with Crippen LogP contribution in [-0.2, 0) is 16.0 Å². The van der Waals surface area contributed by atoms with Gasteiger partial charge in [-0.15, -0.1) is 0 Å². The number of phenolic OH excluding ortho intramolecular Hbond substituents is 1. The van der Waals surface area contributed by atoms with Crippen LogP contribution in [0.15, 0.2) is 24.3 Å². The first-order valence-corrected chi connectivity index (χ1v) is 8.66. The number of carbonyl (C=O) groups excluding carboxylic acids is 1. The number of esters is 1. The highest BCUT2D eigenvalue weighted by atomic mass is 16.5. The van der Waals surface area contributed by atoms with Gasteiger partial charge in [0, 0.05) is 0 Å². The van der Waals surface area contributed by atoms with Crippen LogP contribution in [0, 0.1) is 0 Å². The molecular formula is C19H30O3. The number of hydrogen-bond acceptors (Lipinski definition) is 3. The Labute approximate surface area is 134 Å². The zero-order valence-electron chi connectivity index (χ0n) is 13.9. The first-order valence-electron chi connectivity index (χ1n) is 8.66. The topological polar surface area (TPSA) is 46.5 Å². The standard InChI is InChI=1S/C19H30O3/c1-2-3-4-5-6-7-8-9-10-15-22-19(21)16-17-11-13-18(20)14-12-17/h11-14,20H,2-10,15-16H2,1H3. The van der Waals surface area contributed by atoms with E-state index in [2.05, 4.69) is 6.92 Å². The minimum Gasteiger partial charge on any atom is -0.508 e. The van der Waals surface area contributed by atoms with Crippen molar-refractivity contribution in [2.45, 2.75) is 71.1 Å². The van der Waals surface area contributed by atoms with Crippen molar-refractivity contribution in [1.29, 1.82) is 0 Å². The number of unbranched alkanes of at least 4 members (excludes halogenated alkanes) is 8. The summed E-state index contributed by atoms with van der Waals surface area (Å²) < 4.78 is 5.23. The number of carbonyl (C=O) groups is 1. The van der Waals surface area contributed by atoms with Crippen LogP contribution in [0.2, 0.25) is 0 Å². The van der Waals surface area contributed by atoms with Gasteiger partial charge >= 0.3 is 5.97 Å². The summed E-state index contributed by atoms with van der Waals surface area (Å²) >= 11 is 0. The lowest BCUT2D eigenvalue weighted by atomic mass is 10.1. The van der Waals surface area contributed by atoms with E-state index in [0.717, 1.165) is 18.4 Å². The van der Waals surface area contributed by atoms with Crippen molar-refractivity contribution in [2.75, 3.05) is 6.61 Å². The Balaban J connectivity index is 1.93. The molecule has 0 radical (unpaired) electrons. The molecule has 0 bridgehead atoms. The monoisotopic (exact) mass is 306 g/mol. The fourth-order valence-corrected chi connectivity index (χ4v) is 2.43. The number of benzene rings is 1. The van der Waals surface area contributed by atoms with Crippen LogP contribution in [0.4, 0.5) is 0 Å².